The molecule has 0 amide bonds. The fraction of sp³-hybridized carbons (Fsp3) is 0.448. The molecule has 0 fully saturated rings. The molecule has 1 unspecified atom stereocenters. The predicted molar refractivity (Wildman–Crippen MR) is 148 cm³/mol. The highest BCUT2D eigenvalue weighted by Crippen LogP contribution is 2.42. The third-order valence-electron chi connectivity index (χ3n) is 6.29. The number of halogens is 1. The van der Waals surface area contributed by atoms with E-state index in [2.05, 4.69) is 57.9 Å². The number of hydrogen-bond acceptors (Lipinski definition) is 6. The van der Waals surface area contributed by atoms with E-state index in [0.717, 1.165) is 46.9 Å². The molecule has 0 radical (unpaired) electrons. The molecule has 0 bridgehead atoms. The highest BCUT2D eigenvalue weighted by molar-refractivity contribution is 5.86. The van der Waals surface area contributed by atoms with Crippen molar-refractivity contribution in [3.8, 4) is 23.0 Å². The van der Waals surface area contributed by atoms with Gasteiger partial charge in [-0.15, -0.1) is 12.4 Å². The van der Waals surface area contributed by atoms with Crippen molar-refractivity contribution < 1.29 is 14.3 Å². The van der Waals surface area contributed by atoms with Gasteiger partial charge in [-0.2, -0.15) is 0 Å². The number of phenolic OH excluding ortho intramolecular Hbond substituents is 1. The Morgan fingerprint density at radius 2 is 1.69 bits per heavy atom. The van der Waals surface area contributed by atoms with Gasteiger partial charge in [0.05, 0.1) is 6.54 Å². The van der Waals surface area contributed by atoms with Crippen LogP contribution in [0, 0.1) is 0 Å². The van der Waals surface area contributed by atoms with Gasteiger partial charge in [0.2, 0.25) is 5.89 Å². The van der Waals surface area contributed by atoms with Crippen molar-refractivity contribution in [1.29, 1.82) is 0 Å². The number of nitrogens with zero attached hydrogens (tertiary/aromatic N) is 2. The Morgan fingerprint density at radius 3 is 2.28 bits per heavy atom. The van der Waals surface area contributed by atoms with Crippen LogP contribution in [0.15, 0.2) is 52.1 Å². The van der Waals surface area contributed by atoms with Crippen LogP contribution in [0.3, 0.4) is 0 Å². The predicted octanol–water partition coefficient (Wildman–Crippen LogP) is 6.75. The Kier molecular flexibility index (Phi) is 8.09. The molecule has 2 N–H and O–H groups in total. The second-order valence-corrected chi connectivity index (χ2v) is 11.3. The lowest BCUT2D eigenvalue weighted by atomic mass is 9.78. The number of aliphatic imine (C=N–C) groups is 1. The van der Waals surface area contributed by atoms with Crippen LogP contribution in [-0.4, -0.2) is 29.0 Å². The zero-order valence-corrected chi connectivity index (χ0v) is 23.1. The summed E-state index contributed by atoms with van der Waals surface area (Å²) in [7, 11) is 0. The summed E-state index contributed by atoms with van der Waals surface area (Å²) < 4.78 is 12.2. The molecule has 2 aromatic carbocycles. The number of amidine groups is 1. The van der Waals surface area contributed by atoms with Gasteiger partial charge in [0.1, 0.15) is 35.4 Å². The average Bonchev–Trinajstić information content (AvgIpc) is 3.46. The van der Waals surface area contributed by atoms with Gasteiger partial charge in [0.25, 0.3) is 0 Å². The molecule has 3 aromatic rings. The second-order valence-electron chi connectivity index (χ2n) is 11.3. The first-order valence-corrected chi connectivity index (χ1v) is 12.3. The number of benzene rings is 2. The number of ether oxygens (including phenoxy) is 1. The van der Waals surface area contributed by atoms with Crippen molar-refractivity contribution in [2.45, 2.75) is 71.8 Å². The van der Waals surface area contributed by atoms with E-state index in [-0.39, 0.29) is 29.3 Å². The Balaban J connectivity index is 0.00000361. The molecule has 0 saturated heterocycles. The zero-order chi connectivity index (χ0) is 25.4. The molecule has 2 heterocycles. The molecular weight excluding hydrogens is 474 g/mol. The fourth-order valence-electron chi connectivity index (χ4n) is 4.27. The molecule has 1 aliphatic rings. The topological polar surface area (TPSA) is 79.9 Å². The molecular formula is C29H38ClN3O3. The van der Waals surface area contributed by atoms with Crippen LogP contribution in [-0.2, 0) is 17.3 Å². The van der Waals surface area contributed by atoms with E-state index < -0.39 is 0 Å². The number of aromatic nitrogens is 1. The molecule has 1 aliphatic heterocycles. The average molecular weight is 512 g/mol. The summed E-state index contributed by atoms with van der Waals surface area (Å²) >= 11 is 0. The Morgan fingerprint density at radius 1 is 1.06 bits per heavy atom. The van der Waals surface area contributed by atoms with Gasteiger partial charge in [-0.25, -0.2) is 4.98 Å². The van der Waals surface area contributed by atoms with Gasteiger partial charge in [-0.3, -0.25) is 4.99 Å². The van der Waals surface area contributed by atoms with Crippen molar-refractivity contribution >= 4 is 18.2 Å². The zero-order valence-electron chi connectivity index (χ0n) is 22.3. The molecule has 194 valence electrons. The maximum Gasteiger partial charge on any atom is 0.226 e. The molecule has 7 heteroatoms. The molecule has 1 atom stereocenters. The minimum atomic E-state index is -0.298. The van der Waals surface area contributed by atoms with E-state index in [1.165, 1.54) is 0 Å². The van der Waals surface area contributed by atoms with E-state index in [0.29, 0.717) is 23.8 Å². The normalized spacial score (nSPS) is 14.6. The summed E-state index contributed by atoms with van der Waals surface area (Å²) in [4.78, 5) is 9.28. The molecule has 4 rings (SSSR count). The first-order chi connectivity index (χ1) is 16.4. The van der Waals surface area contributed by atoms with Gasteiger partial charge in [-0.05, 0) is 36.0 Å². The fourth-order valence-corrected chi connectivity index (χ4v) is 4.27. The largest absolute Gasteiger partial charge is 0.507 e. The lowest BCUT2D eigenvalue weighted by molar-refractivity contribution is 0.220. The summed E-state index contributed by atoms with van der Waals surface area (Å²) in [5.74, 6) is 2.67. The summed E-state index contributed by atoms with van der Waals surface area (Å²) in [6.45, 7) is 16.3. The number of nitrogens with one attached hydrogen (secondary N) is 1. The smallest absolute Gasteiger partial charge is 0.226 e. The lowest BCUT2D eigenvalue weighted by Gasteiger charge is -2.27. The maximum atomic E-state index is 11.0. The van der Waals surface area contributed by atoms with Crippen LogP contribution in [0.25, 0.3) is 11.5 Å². The molecule has 0 saturated carbocycles. The van der Waals surface area contributed by atoms with Crippen LogP contribution in [0.1, 0.15) is 77.0 Å². The van der Waals surface area contributed by atoms with Crippen LogP contribution < -0.4 is 10.1 Å². The SMILES string of the molecule is CC(Oc1ccccc1CC1=NCCN1)c1coc(-c2cc(C(C)(C)C)c(O)c(C(C)(C)C)c2)n1.Cl. The molecule has 0 aliphatic carbocycles. The second kappa shape index (κ2) is 10.6. The first kappa shape index (κ1) is 27.6. The lowest BCUT2D eigenvalue weighted by Crippen LogP contribution is -2.21. The molecule has 1 aromatic heterocycles. The van der Waals surface area contributed by atoms with Crippen molar-refractivity contribution in [1.82, 2.24) is 10.3 Å². The number of para-hydroxylation sites is 1. The minimum absolute atomic E-state index is 0. The van der Waals surface area contributed by atoms with E-state index in [4.69, 9.17) is 14.1 Å². The van der Waals surface area contributed by atoms with Crippen LogP contribution in [0.5, 0.6) is 11.5 Å². The molecule has 6 nitrogen and oxygen atoms in total. The van der Waals surface area contributed by atoms with Crippen molar-refractivity contribution in [3.63, 3.8) is 0 Å². The minimum Gasteiger partial charge on any atom is -0.507 e. The van der Waals surface area contributed by atoms with Gasteiger partial charge in [0, 0.05) is 35.2 Å². The Hall–Kier alpha value is -2.99. The van der Waals surface area contributed by atoms with Gasteiger partial charge in [-0.1, -0.05) is 59.7 Å². The van der Waals surface area contributed by atoms with Crippen LogP contribution >= 0.6 is 12.4 Å². The van der Waals surface area contributed by atoms with Crippen molar-refractivity contribution in [2.24, 2.45) is 4.99 Å². The third kappa shape index (κ3) is 6.04. The molecule has 36 heavy (non-hydrogen) atoms. The number of oxazole rings is 1. The highest BCUT2D eigenvalue weighted by atomic mass is 35.5. The monoisotopic (exact) mass is 511 g/mol. The highest BCUT2D eigenvalue weighted by Gasteiger charge is 2.28. The molecule has 0 spiro atoms. The summed E-state index contributed by atoms with van der Waals surface area (Å²) in [6, 6.07) is 12.0. The van der Waals surface area contributed by atoms with Crippen LogP contribution in [0.2, 0.25) is 0 Å². The summed E-state index contributed by atoms with van der Waals surface area (Å²) in [5, 5.41) is 14.4. The number of hydrogen-bond donors (Lipinski definition) is 2. The van der Waals surface area contributed by atoms with E-state index in [1.54, 1.807) is 6.26 Å². The van der Waals surface area contributed by atoms with Crippen LogP contribution in [0.4, 0.5) is 0 Å². The standard InChI is InChI=1S/C29H37N3O3.ClH/c1-18(35-24-11-9-8-10-19(24)16-25-30-12-13-31-25)23-17-34-27(32-23)20-14-21(28(2,3)4)26(33)22(15-20)29(5,6)7;/h8-11,14-15,17-18,33H,12-13,16H2,1-7H3,(H,30,31);1H. The summed E-state index contributed by atoms with van der Waals surface area (Å²) in [5.41, 5.74) is 3.94. The summed E-state index contributed by atoms with van der Waals surface area (Å²) in [6.07, 6.45) is 2.07. The number of phenols is 1. The van der Waals surface area contributed by atoms with E-state index >= 15 is 0 Å². The van der Waals surface area contributed by atoms with E-state index in [9.17, 15) is 5.11 Å². The maximum absolute atomic E-state index is 11.0. The quantitative estimate of drug-likeness (QED) is 0.382. The first-order valence-electron chi connectivity index (χ1n) is 12.3. The Bertz CT molecular complexity index is 1200. The third-order valence-corrected chi connectivity index (χ3v) is 6.29. The van der Waals surface area contributed by atoms with Gasteiger partial charge >= 0.3 is 0 Å². The van der Waals surface area contributed by atoms with Gasteiger partial charge < -0.3 is 19.6 Å². The number of aromatic hydroxyl groups is 1. The van der Waals surface area contributed by atoms with Gasteiger partial charge in [0.15, 0.2) is 0 Å². The Labute approximate surface area is 220 Å². The van der Waals surface area contributed by atoms with E-state index in [1.807, 2.05) is 37.3 Å². The number of rotatable bonds is 6. The van der Waals surface area contributed by atoms with Crippen molar-refractivity contribution in [3.05, 3.63) is 65.0 Å². The van der Waals surface area contributed by atoms with Crippen molar-refractivity contribution in [2.75, 3.05) is 13.1 Å².